The molecule has 0 spiro atoms. The molecule has 3 aromatic carbocycles. The quantitative estimate of drug-likeness (QED) is 0.494. The van der Waals surface area contributed by atoms with Crippen molar-refractivity contribution in [3.05, 3.63) is 81.8 Å². The van der Waals surface area contributed by atoms with E-state index in [0.29, 0.717) is 27.7 Å². The first-order chi connectivity index (χ1) is 13.8. The van der Waals surface area contributed by atoms with E-state index >= 15 is 0 Å². The predicted octanol–water partition coefficient (Wildman–Crippen LogP) is 5.16. The average Bonchev–Trinajstić information content (AvgIpc) is 2.70. The lowest BCUT2D eigenvalue weighted by Crippen LogP contribution is -2.14. The SMILES string of the molecule is COc1ccc(NS(=O)(=O)c2ccc(NC(=O)c3cc(Br)ccc3Cl)cc2)cc1. The highest BCUT2D eigenvalue weighted by Crippen LogP contribution is 2.23. The zero-order chi connectivity index (χ0) is 21.0. The second-order valence-electron chi connectivity index (χ2n) is 5.94. The summed E-state index contributed by atoms with van der Waals surface area (Å²) in [5.41, 5.74) is 1.15. The Hall–Kier alpha value is -2.55. The second-order valence-corrected chi connectivity index (χ2v) is 8.94. The van der Waals surface area contributed by atoms with Crippen molar-refractivity contribution in [1.82, 2.24) is 0 Å². The number of anilines is 2. The lowest BCUT2D eigenvalue weighted by Gasteiger charge is -2.10. The smallest absolute Gasteiger partial charge is 0.261 e. The van der Waals surface area contributed by atoms with E-state index in [9.17, 15) is 13.2 Å². The first kappa shape index (κ1) is 21.2. The average molecular weight is 496 g/mol. The Balaban J connectivity index is 1.73. The molecule has 0 radical (unpaired) electrons. The fraction of sp³-hybridized carbons (Fsp3) is 0.0500. The second kappa shape index (κ2) is 8.86. The summed E-state index contributed by atoms with van der Waals surface area (Å²) < 4.78 is 33.3. The Labute approximate surface area is 182 Å². The lowest BCUT2D eigenvalue weighted by molar-refractivity contribution is 0.102. The number of hydrogen-bond acceptors (Lipinski definition) is 4. The Morgan fingerprint density at radius 3 is 2.21 bits per heavy atom. The predicted molar refractivity (Wildman–Crippen MR) is 117 cm³/mol. The van der Waals surface area contributed by atoms with Gasteiger partial charge in [-0.2, -0.15) is 0 Å². The molecule has 0 fully saturated rings. The molecule has 1 amide bonds. The largest absolute Gasteiger partial charge is 0.497 e. The highest BCUT2D eigenvalue weighted by atomic mass is 79.9. The number of nitrogens with one attached hydrogen (secondary N) is 2. The van der Waals surface area contributed by atoms with Crippen LogP contribution in [0.5, 0.6) is 5.75 Å². The molecule has 0 saturated heterocycles. The normalized spacial score (nSPS) is 11.0. The number of sulfonamides is 1. The molecule has 2 N–H and O–H groups in total. The summed E-state index contributed by atoms with van der Waals surface area (Å²) in [6.45, 7) is 0. The van der Waals surface area contributed by atoms with Gasteiger partial charge in [0.2, 0.25) is 0 Å². The Kier molecular flexibility index (Phi) is 6.46. The minimum atomic E-state index is -3.77. The van der Waals surface area contributed by atoms with Gasteiger partial charge in [-0.15, -0.1) is 0 Å². The maximum absolute atomic E-state index is 12.5. The van der Waals surface area contributed by atoms with E-state index in [2.05, 4.69) is 26.0 Å². The molecule has 6 nitrogen and oxygen atoms in total. The topological polar surface area (TPSA) is 84.5 Å². The highest BCUT2D eigenvalue weighted by molar-refractivity contribution is 9.10. The van der Waals surface area contributed by atoms with Gasteiger partial charge in [0, 0.05) is 15.8 Å². The van der Waals surface area contributed by atoms with Crippen molar-refractivity contribution in [2.24, 2.45) is 0 Å². The molecule has 9 heteroatoms. The molecule has 0 heterocycles. The molecule has 0 aliphatic heterocycles. The maximum atomic E-state index is 12.5. The summed E-state index contributed by atoms with van der Waals surface area (Å²) in [5.74, 6) is 0.224. The number of hydrogen-bond donors (Lipinski definition) is 2. The minimum absolute atomic E-state index is 0.0619. The maximum Gasteiger partial charge on any atom is 0.261 e. The number of carbonyl (C=O) groups is 1. The standard InChI is InChI=1S/C20H16BrClN2O4S/c1-28-16-7-3-15(4-8-16)24-29(26,27)17-9-5-14(6-10-17)23-20(25)18-12-13(21)2-11-19(18)22/h2-12,24H,1H3,(H,23,25). The van der Waals surface area contributed by atoms with Gasteiger partial charge in [0.25, 0.3) is 15.9 Å². The summed E-state index contributed by atoms with van der Waals surface area (Å²) in [6.07, 6.45) is 0. The van der Waals surface area contributed by atoms with E-state index in [4.69, 9.17) is 16.3 Å². The van der Waals surface area contributed by atoms with Crippen molar-refractivity contribution in [3.63, 3.8) is 0 Å². The first-order valence-corrected chi connectivity index (χ1v) is 11.0. The van der Waals surface area contributed by atoms with Gasteiger partial charge in [0.1, 0.15) is 5.75 Å². The molecule has 0 aliphatic rings. The van der Waals surface area contributed by atoms with Crippen molar-refractivity contribution in [2.75, 3.05) is 17.1 Å². The monoisotopic (exact) mass is 494 g/mol. The summed E-state index contributed by atoms with van der Waals surface area (Å²) in [5, 5.41) is 3.01. The summed E-state index contributed by atoms with van der Waals surface area (Å²) in [7, 11) is -2.24. The van der Waals surface area contributed by atoms with Crippen molar-refractivity contribution >= 4 is 54.8 Å². The highest BCUT2D eigenvalue weighted by Gasteiger charge is 2.15. The molecule has 0 aliphatic carbocycles. The number of amides is 1. The fourth-order valence-electron chi connectivity index (χ4n) is 2.46. The van der Waals surface area contributed by atoms with Crippen LogP contribution in [0.3, 0.4) is 0 Å². The van der Waals surface area contributed by atoms with Crippen molar-refractivity contribution in [2.45, 2.75) is 4.90 Å². The van der Waals surface area contributed by atoms with E-state index in [1.54, 1.807) is 42.5 Å². The van der Waals surface area contributed by atoms with Gasteiger partial charge in [-0.25, -0.2) is 8.42 Å². The molecule has 0 bridgehead atoms. The number of rotatable bonds is 6. The summed E-state index contributed by atoms with van der Waals surface area (Å²) in [4.78, 5) is 12.5. The molecule has 0 saturated carbocycles. The fourth-order valence-corrected chi connectivity index (χ4v) is 4.08. The van der Waals surface area contributed by atoms with Crippen LogP contribution in [0.2, 0.25) is 5.02 Å². The Morgan fingerprint density at radius 2 is 1.59 bits per heavy atom. The molecular formula is C20H16BrClN2O4S. The van der Waals surface area contributed by atoms with Gasteiger partial charge in [-0.1, -0.05) is 27.5 Å². The Morgan fingerprint density at radius 1 is 0.966 bits per heavy atom. The van der Waals surface area contributed by atoms with Crippen LogP contribution in [0.15, 0.2) is 76.1 Å². The third-order valence-corrected chi connectivity index (χ3v) is 6.16. The molecular weight excluding hydrogens is 480 g/mol. The first-order valence-electron chi connectivity index (χ1n) is 8.32. The van der Waals surface area contributed by atoms with Gasteiger partial charge in [0.15, 0.2) is 0 Å². The van der Waals surface area contributed by atoms with Crippen LogP contribution in [0.4, 0.5) is 11.4 Å². The van der Waals surface area contributed by atoms with Gasteiger partial charge in [0.05, 0.1) is 22.6 Å². The number of methoxy groups -OCH3 is 1. The number of carbonyl (C=O) groups excluding carboxylic acids is 1. The number of halogens is 2. The zero-order valence-electron chi connectivity index (χ0n) is 15.1. The molecule has 0 aromatic heterocycles. The molecule has 3 aromatic rings. The van der Waals surface area contributed by atoms with E-state index in [-0.39, 0.29) is 4.90 Å². The van der Waals surface area contributed by atoms with Crippen LogP contribution in [0.25, 0.3) is 0 Å². The van der Waals surface area contributed by atoms with Gasteiger partial charge in [-0.3, -0.25) is 9.52 Å². The molecule has 150 valence electrons. The Bertz CT molecular complexity index is 1130. The minimum Gasteiger partial charge on any atom is -0.497 e. The third kappa shape index (κ3) is 5.29. The molecule has 29 heavy (non-hydrogen) atoms. The van der Waals surface area contributed by atoms with Crippen LogP contribution in [0.1, 0.15) is 10.4 Å². The molecule has 0 atom stereocenters. The van der Waals surface area contributed by atoms with Gasteiger partial charge >= 0.3 is 0 Å². The third-order valence-electron chi connectivity index (χ3n) is 3.94. The van der Waals surface area contributed by atoms with Gasteiger partial charge in [-0.05, 0) is 66.7 Å². The van der Waals surface area contributed by atoms with Crippen LogP contribution in [-0.2, 0) is 10.0 Å². The summed E-state index contributed by atoms with van der Waals surface area (Å²) in [6, 6.07) is 17.3. The lowest BCUT2D eigenvalue weighted by atomic mass is 10.2. The number of ether oxygens (including phenoxy) is 1. The number of benzene rings is 3. The van der Waals surface area contributed by atoms with E-state index in [1.807, 2.05) is 0 Å². The zero-order valence-corrected chi connectivity index (χ0v) is 18.3. The van der Waals surface area contributed by atoms with Crippen LogP contribution in [-0.4, -0.2) is 21.4 Å². The van der Waals surface area contributed by atoms with Crippen molar-refractivity contribution in [3.8, 4) is 5.75 Å². The van der Waals surface area contributed by atoms with E-state index in [1.165, 1.54) is 31.4 Å². The van der Waals surface area contributed by atoms with Crippen molar-refractivity contribution < 1.29 is 17.9 Å². The van der Waals surface area contributed by atoms with E-state index in [0.717, 1.165) is 4.47 Å². The summed E-state index contributed by atoms with van der Waals surface area (Å²) >= 11 is 9.36. The van der Waals surface area contributed by atoms with Crippen LogP contribution >= 0.6 is 27.5 Å². The van der Waals surface area contributed by atoms with Crippen molar-refractivity contribution in [1.29, 1.82) is 0 Å². The molecule has 3 rings (SSSR count). The van der Waals surface area contributed by atoms with E-state index < -0.39 is 15.9 Å². The van der Waals surface area contributed by atoms with Crippen LogP contribution in [0, 0.1) is 0 Å². The van der Waals surface area contributed by atoms with Gasteiger partial charge < -0.3 is 10.1 Å². The van der Waals surface area contributed by atoms with Crippen LogP contribution < -0.4 is 14.8 Å². The molecule has 0 unspecified atom stereocenters.